The van der Waals surface area contributed by atoms with Crippen LogP contribution in [0, 0.1) is 0 Å². The number of fused-ring (bicyclic) bond motifs is 1. The van der Waals surface area contributed by atoms with Crippen LogP contribution in [0.5, 0.6) is 5.75 Å². The number of aryl methyl sites for hydroxylation is 1. The van der Waals surface area contributed by atoms with E-state index in [1.54, 1.807) is 14.0 Å². The first-order valence-electron chi connectivity index (χ1n) is 6.90. The lowest BCUT2D eigenvalue weighted by molar-refractivity contribution is -0.143. The van der Waals surface area contributed by atoms with Gasteiger partial charge in [0.1, 0.15) is 11.6 Å². The quantitative estimate of drug-likeness (QED) is 0.607. The van der Waals surface area contributed by atoms with E-state index in [4.69, 9.17) is 21.1 Å². The fourth-order valence-corrected chi connectivity index (χ4v) is 2.40. The third-order valence-electron chi connectivity index (χ3n) is 3.19. The molecule has 1 unspecified atom stereocenters. The number of aromatic nitrogens is 2. The second-order valence-corrected chi connectivity index (χ2v) is 5.30. The van der Waals surface area contributed by atoms with Crippen molar-refractivity contribution in [3.8, 4) is 5.75 Å². The van der Waals surface area contributed by atoms with E-state index in [0.717, 1.165) is 22.6 Å². The van der Waals surface area contributed by atoms with Gasteiger partial charge in [0, 0.05) is 12.6 Å². The third kappa shape index (κ3) is 3.47. The van der Waals surface area contributed by atoms with Crippen molar-refractivity contribution in [2.45, 2.75) is 32.2 Å². The number of hydrogen-bond acceptors (Lipinski definition) is 4. The van der Waals surface area contributed by atoms with Gasteiger partial charge in [0.05, 0.1) is 36.5 Å². The number of nitrogens with zero attached hydrogens (tertiary/aromatic N) is 2. The molecule has 1 atom stereocenters. The van der Waals surface area contributed by atoms with Crippen molar-refractivity contribution in [3.63, 3.8) is 0 Å². The van der Waals surface area contributed by atoms with Gasteiger partial charge in [0.15, 0.2) is 0 Å². The van der Waals surface area contributed by atoms with Crippen molar-refractivity contribution in [2.75, 3.05) is 13.7 Å². The number of methoxy groups -OCH3 is 1. The topological polar surface area (TPSA) is 53.4 Å². The molecule has 0 amide bonds. The second kappa shape index (κ2) is 6.80. The minimum absolute atomic E-state index is 0.221. The van der Waals surface area contributed by atoms with Crippen molar-refractivity contribution in [1.29, 1.82) is 0 Å². The van der Waals surface area contributed by atoms with Crippen molar-refractivity contribution < 1.29 is 14.3 Å². The molecule has 0 fully saturated rings. The average Bonchev–Trinajstić information content (AvgIpc) is 2.83. The van der Waals surface area contributed by atoms with Gasteiger partial charge in [-0.3, -0.25) is 4.79 Å². The maximum absolute atomic E-state index is 11.5. The summed E-state index contributed by atoms with van der Waals surface area (Å²) in [5.74, 6) is 1.26. The van der Waals surface area contributed by atoms with Crippen LogP contribution in [-0.4, -0.2) is 29.2 Å². The van der Waals surface area contributed by atoms with E-state index in [1.807, 2.05) is 29.7 Å². The highest BCUT2D eigenvalue weighted by Gasteiger charge is 2.16. The number of esters is 1. The maximum atomic E-state index is 11.5. The summed E-state index contributed by atoms with van der Waals surface area (Å²) in [5.41, 5.74) is 1.74. The Hall–Kier alpha value is -1.75. The zero-order valence-corrected chi connectivity index (χ0v) is 13.2. The van der Waals surface area contributed by atoms with E-state index in [1.165, 1.54) is 0 Å². The number of alkyl halides is 1. The molecule has 6 heteroatoms. The lowest BCUT2D eigenvalue weighted by Gasteiger charge is -2.10. The van der Waals surface area contributed by atoms with Gasteiger partial charge >= 0.3 is 5.97 Å². The van der Waals surface area contributed by atoms with E-state index in [2.05, 4.69) is 4.98 Å². The van der Waals surface area contributed by atoms with E-state index in [0.29, 0.717) is 19.6 Å². The van der Waals surface area contributed by atoms with E-state index < -0.39 is 0 Å². The minimum atomic E-state index is -0.245. The fourth-order valence-electron chi connectivity index (χ4n) is 2.23. The lowest BCUT2D eigenvalue weighted by Crippen LogP contribution is -2.11. The van der Waals surface area contributed by atoms with Crippen LogP contribution >= 0.6 is 11.6 Å². The number of benzene rings is 1. The van der Waals surface area contributed by atoms with Crippen LogP contribution in [0.25, 0.3) is 11.0 Å². The standard InChI is InChI=1S/C15H19ClN2O3/c1-4-21-14(19)7-8-18-13-6-5-11(20-3)9-12(13)17-15(18)10(2)16/h5-6,9-10H,4,7-8H2,1-3H3. The second-order valence-electron chi connectivity index (χ2n) is 4.65. The highest BCUT2D eigenvalue weighted by atomic mass is 35.5. The first kappa shape index (κ1) is 15.6. The normalized spacial score (nSPS) is 12.4. The van der Waals surface area contributed by atoms with Crippen LogP contribution in [0.1, 0.15) is 31.5 Å². The highest BCUT2D eigenvalue weighted by Crippen LogP contribution is 2.27. The van der Waals surface area contributed by atoms with Gasteiger partial charge < -0.3 is 14.0 Å². The highest BCUT2D eigenvalue weighted by molar-refractivity contribution is 6.20. The summed E-state index contributed by atoms with van der Waals surface area (Å²) >= 11 is 6.20. The molecule has 0 aliphatic carbocycles. The molecule has 0 N–H and O–H groups in total. The molecule has 0 radical (unpaired) electrons. The van der Waals surface area contributed by atoms with Crippen LogP contribution < -0.4 is 4.74 Å². The number of carbonyl (C=O) groups is 1. The molecule has 2 rings (SSSR count). The minimum Gasteiger partial charge on any atom is -0.497 e. The Morgan fingerprint density at radius 1 is 1.48 bits per heavy atom. The Kier molecular flexibility index (Phi) is 5.07. The molecule has 0 spiro atoms. The van der Waals surface area contributed by atoms with E-state index in [-0.39, 0.29) is 11.3 Å². The Morgan fingerprint density at radius 2 is 2.24 bits per heavy atom. The fraction of sp³-hybridized carbons (Fsp3) is 0.467. The molecule has 1 aromatic heterocycles. The zero-order chi connectivity index (χ0) is 15.4. The summed E-state index contributed by atoms with van der Waals surface area (Å²) in [5, 5.41) is -0.245. The number of carbonyl (C=O) groups excluding carboxylic acids is 1. The maximum Gasteiger partial charge on any atom is 0.307 e. The molecule has 0 saturated carbocycles. The number of rotatable bonds is 6. The molecule has 0 aliphatic heterocycles. The van der Waals surface area contributed by atoms with Gasteiger partial charge in [-0.1, -0.05) is 0 Å². The van der Waals surface area contributed by atoms with Gasteiger partial charge in [-0.25, -0.2) is 4.98 Å². The molecule has 1 heterocycles. The monoisotopic (exact) mass is 310 g/mol. The van der Waals surface area contributed by atoms with Gasteiger partial charge in [-0.05, 0) is 26.0 Å². The molecule has 114 valence electrons. The molecule has 21 heavy (non-hydrogen) atoms. The third-order valence-corrected chi connectivity index (χ3v) is 3.38. The summed E-state index contributed by atoms with van der Waals surface area (Å²) in [6.07, 6.45) is 0.294. The molecule has 0 aliphatic rings. The summed E-state index contributed by atoms with van der Waals surface area (Å²) in [6, 6.07) is 5.65. The first-order valence-corrected chi connectivity index (χ1v) is 7.34. The van der Waals surface area contributed by atoms with Crippen LogP contribution in [0.4, 0.5) is 0 Å². The lowest BCUT2D eigenvalue weighted by atomic mass is 10.3. The molecule has 1 aromatic carbocycles. The predicted molar refractivity (Wildman–Crippen MR) is 81.8 cm³/mol. The number of imidazole rings is 1. The van der Waals surface area contributed by atoms with Crippen LogP contribution in [-0.2, 0) is 16.1 Å². The Morgan fingerprint density at radius 3 is 2.86 bits per heavy atom. The summed E-state index contributed by atoms with van der Waals surface area (Å²) in [7, 11) is 1.62. The SMILES string of the molecule is CCOC(=O)CCn1c(C(C)Cl)nc2cc(OC)ccc21. The summed E-state index contributed by atoms with van der Waals surface area (Å²) in [4.78, 5) is 16.1. The smallest absolute Gasteiger partial charge is 0.307 e. The Balaban J connectivity index is 2.35. The van der Waals surface area contributed by atoms with E-state index >= 15 is 0 Å². The van der Waals surface area contributed by atoms with Crippen molar-refractivity contribution in [3.05, 3.63) is 24.0 Å². The van der Waals surface area contributed by atoms with Gasteiger partial charge in [-0.2, -0.15) is 0 Å². The number of halogens is 1. The summed E-state index contributed by atoms with van der Waals surface area (Å²) in [6.45, 7) is 4.54. The van der Waals surface area contributed by atoms with Crippen molar-refractivity contribution in [1.82, 2.24) is 9.55 Å². The number of ether oxygens (including phenoxy) is 2. The molecular formula is C15H19ClN2O3. The molecule has 2 aromatic rings. The van der Waals surface area contributed by atoms with Gasteiger partial charge in [-0.15, -0.1) is 11.6 Å². The van der Waals surface area contributed by atoms with Crippen LogP contribution in [0.3, 0.4) is 0 Å². The van der Waals surface area contributed by atoms with Crippen LogP contribution in [0.2, 0.25) is 0 Å². The summed E-state index contributed by atoms with van der Waals surface area (Å²) < 4.78 is 12.1. The van der Waals surface area contributed by atoms with Gasteiger partial charge in [0.25, 0.3) is 0 Å². The Labute approximate surface area is 128 Å². The zero-order valence-electron chi connectivity index (χ0n) is 12.4. The van der Waals surface area contributed by atoms with Crippen molar-refractivity contribution in [2.24, 2.45) is 0 Å². The number of hydrogen-bond donors (Lipinski definition) is 0. The average molecular weight is 311 g/mol. The Bertz CT molecular complexity index is 637. The molecule has 0 bridgehead atoms. The first-order chi connectivity index (χ1) is 10.1. The molecular weight excluding hydrogens is 292 g/mol. The predicted octanol–water partition coefficient (Wildman–Crippen LogP) is 3.30. The molecule has 5 nitrogen and oxygen atoms in total. The van der Waals surface area contributed by atoms with Crippen LogP contribution in [0.15, 0.2) is 18.2 Å². The van der Waals surface area contributed by atoms with E-state index in [9.17, 15) is 4.79 Å². The molecule has 0 saturated heterocycles. The van der Waals surface area contributed by atoms with Crippen molar-refractivity contribution >= 4 is 28.6 Å². The van der Waals surface area contributed by atoms with Gasteiger partial charge in [0.2, 0.25) is 0 Å². The largest absolute Gasteiger partial charge is 0.497 e.